The maximum Gasteiger partial charge on any atom is 0.182 e. The second-order valence-corrected chi connectivity index (χ2v) is 21.5. The quantitative estimate of drug-likeness (QED) is 0.166. The molecule has 0 bridgehead atoms. The van der Waals surface area contributed by atoms with Crippen molar-refractivity contribution in [2.75, 3.05) is 0 Å². The van der Waals surface area contributed by atoms with E-state index in [-0.39, 0.29) is 0 Å². The van der Waals surface area contributed by atoms with Gasteiger partial charge < -0.3 is 9.13 Å². The summed E-state index contributed by atoms with van der Waals surface area (Å²) in [5.74, 6) is 0. The first kappa shape index (κ1) is 37.4. The van der Waals surface area contributed by atoms with Crippen molar-refractivity contribution in [2.24, 2.45) is 0 Å². The van der Waals surface area contributed by atoms with E-state index in [0.29, 0.717) is 11.1 Å². The molecule has 1 spiro atoms. The van der Waals surface area contributed by atoms with Gasteiger partial charge in [0.2, 0.25) is 0 Å². The maximum atomic E-state index is 10.5. The van der Waals surface area contributed by atoms with Crippen molar-refractivity contribution in [2.45, 2.75) is 0 Å². The highest BCUT2D eigenvalue weighted by Crippen LogP contribution is 2.42. The molecule has 0 saturated carbocycles. The van der Waals surface area contributed by atoms with E-state index in [0.717, 1.165) is 55.8 Å². The molecule has 4 nitrogen and oxygen atoms in total. The smallest absolute Gasteiger partial charge is 0.182 e. The Balaban J connectivity index is 1.01. The Morgan fingerprint density at radius 2 is 0.642 bits per heavy atom. The molecule has 4 heterocycles. The molecule has 0 amide bonds. The van der Waals surface area contributed by atoms with E-state index in [1.54, 1.807) is 0 Å². The highest BCUT2D eigenvalue weighted by atomic mass is 28.3. The molecule has 2 aliphatic rings. The number of hydrogen-bond donors (Lipinski definition) is 0. The number of rotatable bonds is 4. The van der Waals surface area contributed by atoms with Gasteiger partial charge in [0, 0.05) is 32.9 Å². The Morgan fingerprint density at radius 1 is 0.299 bits per heavy atom. The van der Waals surface area contributed by atoms with Crippen LogP contribution in [0.1, 0.15) is 11.1 Å². The van der Waals surface area contributed by atoms with Crippen molar-refractivity contribution >= 4 is 72.4 Å². The number of nitriles is 2. The predicted molar refractivity (Wildman–Crippen MR) is 277 cm³/mol. The maximum absolute atomic E-state index is 10.5. The van der Waals surface area contributed by atoms with Gasteiger partial charge in [-0.15, -0.1) is 0 Å². The number of aromatic nitrogens is 2. The zero-order chi connectivity index (χ0) is 44.4. The standard InChI is InChI=1S/C62H36N4Si/c63-37-39-19-25-49-50-26-20-40(38-64)32-60(50)67(59(49)31-39)61-35-43(41-23-29-57-53(33-41)47-15-7-9-17-55(47)65(57)45-11-3-1-4-12-45)21-27-51(61)52-28-22-44(36-62(52)67)42-24-30-58-54(34-42)48-16-8-10-18-56(48)66(58)46-13-5-2-6-14-46/h1-36H. The first-order valence-corrected chi connectivity index (χ1v) is 24.7. The summed E-state index contributed by atoms with van der Waals surface area (Å²) >= 11 is 0. The van der Waals surface area contributed by atoms with Gasteiger partial charge in [-0.1, -0.05) is 133 Å². The fraction of sp³-hybridized carbons (Fsp3) is 0. The second-order valence-electron chi connectivity index (χ2n) is 17.9. The molecule has 0 N–H and O–H groups in total. The predicted octanol–water partition coefficient (Wildman–Crippen LogP) is 12.3. The minimum absolute atomic E-state index is 0.641. The summed E-state index contributed by atoms with van der Waals surface area (Å²) in [5.41, 5.74) is 17.5. The summed E-state index contributed by atoms with van der Waals surface area (Å²) in [5, 5.41) is 30.7. The monoisotopic (exact) mass is 864 g/mol. The first-order chi connectivity index (χ1) is 33.1. The zero-order valence-corrected chi connectivity index (χ0v) is 37.1. The third kappa shape index (κ3) is 5.15. The van der Waals surface area contributed by atoms with Crippen molar-refractivity contribution in [3.05, 3.63) is 230 Å². The summed E-state index contributed by atoms with van der Waals surface area (Å²) in [6, 6.07) is 83.9. The third-order valence-electron chi connectivity index (χ3n) is 14.6. The van der Waals surface area contributed by atoms with Crippen LogP contribution in [0.4, 0.5) is 0 Å². The van der Waals surface area contributed by atoms with Crippen molar-refractivity contribution in [3.63, 3.8) is 0 Å². The van der Waals surface area contributed by atoms with Gasteiger partial charge >= 0.3 is 0 Å². The van der Waals surface area contributed by atoms with Crippen LogP contribution in [0.3, 0.4) is 0 Å². The Bertz CT molecular complexity index is 3910. The van der Waals surface area contributed by atoms with E-state index < -0.39 is 8.07 Å². The van der Waals surface area contributed by atoms with Gasteiger partial charge in [-0.05, 0) is 150 Å². The largest absolute Gasteiger partial charge is 0.309 e. The molecule has 12 aromatic rings. The van der Waals surface area contributed by atoms with Gasteiger partial charge in [0.05, 0.1) is 45.3 Å². The van der Waals surface area contributed by atoms with E-state index in [1.807, 2.05) is 12.1 Å². The van der Waals surface area contributed by atoms with E-state index in [9.17, 15) is 10.5 Å². The molecule has 2 aromatic heterocycles. The van der Waals surface area contributed by atoms with Gasteiger partial charge in [-0.3, -0.25) is 0 Å². The summed E-state index contributed by atoms with van der Waals surface area (Å²) in [6.07, 6.45) is 0. The van der Waals surface area contributed by atoms with Crippen LogP contribution in [0.15, 0.2) is 218 Å². The van der Waals surface area contributed by atoms with Crippen LogP contribution in [-0.4, -0.2) is 17.2 Å². The molecule has 67 heavy (non-hydrogen) atoms. The number of hydrogen-bond acceptors (Lipinski definition) is 2. The lowest BCUT2D eigenvalue weighted by Crippen LogP contribution is -2.71. The molecule has 0 aliphatic carbocycles. The SMILES string of the molecule is N#Cc1ccc2c(c1)[Si]1(c3cc(C#N)ccc3-2)c2cc(-c3ccc4c(c3)c3ccccc3n4-c3ccccc3)ccc2-c2ccc(-c3ccc4c(c3)c3ccccc3n4-c3ccccc3)cc21. The Morgan fingerprint density at radius 3 is 1.07 bits per heavy atom. The molecule has 0 unspecified atom stereocenters. The van der Waals surface area contributed by atoms with Crippen molar-refractivity contribution < 1.29 is 0 Å². The molecule has 5 heteroatoms. The van der Waals surface area contributed by atoms with Crippen molar-refractivity contribution in [1.29, 1.82) is 10.5 Å². The Labute approximate surface area is 387 Å². The fourth-order valence-corrected chi connectivity index (χ4v) is 17.5. The first-order valence-electron chi connectivity index (χ1n) is 22.7. The van der Waals surface area contributed by atoms with Gasteiger partial charge in [0.15, 0.2) is 8.07 Å². The minimum Gasteiger partial charge on any atom is -0.309 e. The van der Waals surface area contributed by atoms with Crippen LogP contribution in [0.5, 0.6) is 0 Å². The zero-order valence-electron chi connectivity index (χ0n) is 36.1. The van der Waals surface area contributed by atoms with Crippen LogP contribution in [0.25, 0.3) is 99.5 Å². The number of para-hydroxylation sites is 4. The van der Waals surface area contributed by atoms with Gasteiger partial charge in [0.1, 0.15) is 0 Å². The summed E-state index contributed by atoms with van der Waals surface area (Å²) in [4.78, 5) is 0. The van der Waals surface area contributed by atoms with E-state index in [1.165, 1.54) is 64.5 Å². The minimum atomic E-state index is -3.16. The van der Waals surface area contributed by atoms with Gasteiger partial charge in [-0.25, -0.2) is 0 Å². The van der Waals surface area contributed by atoms with E-state index >= 15 is 0 Å². The Hall–Kier alpha value is -9.00. The van der Waals surface area contributed by atoms with Gasteiger partial charge in [-0.2, -0.15) is 10.5 Å². The molecule has 0 fully saturated rings. The van der Waals surface area contributed by atoms with Crippen LogP contribution < -0.4 is 20.7 Å². The molecule has 2 aliphatic heterocycles. The lowest BCUT2D eigenvalue weighted by atomic mass is 9.97. The van der Waals surface area contributed by atoms with Crippen LogP contribution in [0, 0.1) is 22.7 Å². The second kappa shape index (κ2) is 14.0. The number of benzene rings is 10. The molecule has 10 aromatic carbocycles. The van der Waals surface area contributed by atoms with Gasteiger partial charge in [0.25, 0.3) is 0 Å². The highest BCUT2D eigenvalue weighted by Gasteiger charge is 2.54. The highest BCUT2D eigenvalue weighted by molar-refractivity contribution is 7.24. The summed E-state index contributed by atoms with van der Waals surface area (Å²) in [6.45, 7) is 0. The summed E-state index contributed by atoms with van der Waals surface area (Å²) < 4.78 is 4.72. The molecule has 308 valence electrons. The molecular weight excluding hydrogens is 829 g/mol. The number of fused-ring (bicyclic) bond motifs is 16. The van der Waals surface area contributed by atoms with Crippen LogP contribution in [0.2, 0.25) is 0 Å². The molecule has 0 saturated heterocycles. The lowest BCUT2D eigenvalue weighted by Gasteiger charge is -2.28. The third-order valence-corrected chi connectivity index (χ3v) is 19.5. The molecule has 14 rings (SSSR count). The number of nitrogens with zero attached hydrogens (tertiary/aromatic N) is 4. The van der Waals surface area contributed by atoms with Crippen molar-refractivity contribution in [3.8, 4) is 68.0 Å². The topological polar surface area (TPSA) is 57.4 Å². The fourth-order valence-electron chi connectivity index (χ4n) is 11.7. The average Bonchev–Trinajstić information content (AvgIpc) is 4.09. The molecule has 0 atom stereocenters. The van der Waals surface area contributed by atoms with Crippen LogP contribution >= 0.6 is 0 Å². The molecule has 0 radical (unpaired) electrons. The van der Waals surface area contributed by atoms with E-state index in [4.69, 9.17) is 0 Å². The Kier molecular flexibility index (Phi) is 7.81. The lowest BCUT2D eigenvalue weighted by molar-refractivity contribution is 1.18. The van der Waals surface area contributed by atoms with Crippen molar-refractivity contribution in [1.82, 2.24) is 9.13 Å². The molecular formula is C62H36N4Si. The van der Waals surface area contributed by atoms with Crippen LogP contribution in [-0.2, 0) is 0 Å². The summed E-state index contributed by atoms with van der Waals surface area (Å²) in [7, 11) is -3.16. The average molecular weight is 865 g/mol. The van der Waals surface area contributed by atoms with E-state index in [2.05, 4.69) is 228 Å². The normalized spacial score (nSPS) is 12.9.